The van der Waals surface area contributed by atoms with Crippen molar-refractivity contribution in [1.29, 1.82) is 0 Å². The third-order valence-electron chi connectivity index (χ3n) is 1.89. The van der Waals surface area contributed by atoms with Crippen LogP contribution in [0.1, 0.15) is 39.8 Å². The van der Waals surface area contributed by atoms with Gasteiger partial charge in [-0.25, -0.2) is 0 Å². The standard InChI is InChI=1S/C10H17N3O.C2H6/c1-8(2)7-11-10(14)4-3-9-5-6-12-13-9;1-2/h5-6,8H,3-4,7H2,1-2H3,(H,11,14)(H,12,13);1-2H3. The lowest BCUT2D eigenvalue weighted by atomic mass is 10.2. The number of aromatic amines is 1. The van der Waals surface area contributed by atoms with Crippen LogP contribution in [0.3, 0.4) is 0 Å². The number of hydrogen-bond donors (Lipinski definition) is 2. The van der Waals surface area contributed by atoms with E-state index in [2.05, 4.69) is 29.4 Å². The number of aryl methyl sites for hydroxylation is 1. The molecular formula is C12H23N3O. The van der Waals surface area contributed by atoms with E-state index < -0.39 is 0 Å². The fourth-order valence-corrected chi connectivity index (χ4v) is 1.08. The van der Waals surface area contributed by atoms with Gasteiger partial charge in [-0.1, -0.05) is 27.7 Å². The van der Waals surface area contributed by atoms with Gasteiger partial charge < -0.3 is 5.32 Å². The van der Waals surface area contributed by atoms with Gasteiger partial charge in [0.05, 0.1) is 0 Å². The molecule has 0 bridgehead atoms. The molecule has 1 aromatic rings. The summed E-state index contributed by atoms with van der Waals surface area (Å²) in [5.74, 6) is 0.611. The minimum absolute atomic E-state index is 0.105. The fraction of sp³-hybridized carbons (Fsp3) is 0.667. The summed E-state index contributed by atoms with van der Waals surface area (Å²) in [5.41, 5.74) is 1.00. The summed E-state index contributed by atoms with van der Waals surface area (Å²) in [5, 5.41) is 9.52. The van der Waals surface area contributed by atoms with E-state index in [0.29, 0.717) is 12.3 Å². The summed E-state index contributed by atoms with van der Waals surface area (Å²) >= 11 is 0. The van der Waals surface area contributed by atoms with Gasteiger partial charge in [-0.2, -0.15) is 5.10 Å². The van der Waals surface area contributed by atoms with Crippen LogP contribution in [-0.2, 0) is 11.2 Å². The van der Waals surface area contributed by atoms with E-state index in [1.54, 1.807) is 6.20 Å². The molecule has 0 spiro atoms. The number of carbonyl (C=O) groups excluding carboxylic acids is 1. The van der Waals surface area contributed by atoms with Gasteiger partial charge in [0.25, 0.3) is 0 Å². The SMILES string of the molecule is CC.CC(C)CNC(=O)CCc1ccn[nH]1. The Morgan fingerprint density at radius 1 is 1.50 bits per heavy atom. The summed E-state index contributed by atoms with van der Waals surface area (Å²) in [4.78, 5) is 11.3. The molecule has 1 rings (SSSR count). The predicted octanol–water partition coefficient (Wildman–Crippen LogP) is 2.14. The number of hydrogen-bond acceptors (Lipinski definition) is 2. The lowest BCUT2D eigenvalue weighted by molar-refractivity contribution is -0.121. The number of nitrogens with one attached hydrogen (secondary N) is 2. The molecule has 1 aromatic heterocycles. The van der Waals surface area contributed by atoms with Gasteiger partial charge in [0.15, 0.2) is 0 Å². The highest BCUT2D eigenvalue weighted by Crippen LogP contribution is 1.97. The van der Waals surface area contributed by atoms with Gasteiger partial charge in [-0.15, -0.1) is 0 Å². The van der Waals surface area contributed by atoms with Crippen molar-refractivity contribution in [2.45, 2.75) is 40.5 Å². The molecule has 0 aliphatic rings. The molecule has 1 amide bonds. The van der Waals surface area contributed by atoms with E-state index in [4.69, 9.17) is 0 Å². The van der Waals surface area contributed by atoms with E-state index in [1.807, 2.05) is 19.9 Å². The Hall–Kier alpha value is -1.32. The molecule has 0 saturated heterocycles. The molecule has 0 saturated carbocycles. The summed E-state index contributed by atoms with van der Waals surface area (Å²) in [6, 6.07) is 1.88. The van der Waals surface area contributed by atoms with E-state index in [0.717, 1.165) is 18.7 Å². The van der Waals surface area contributed by atoms with Crippen molar-refractivity contribution >= 4 is 5.91 Å². The second kappa shape index (κ2) is 8.95. The number of carbonyl (C=O) groups is 1. The van der Waals surface area contributed by atoms with Crippen molar-refractivity contribution in [2.24, 2.45) is 5.92 Å². The molecule has 0 radical (unpaired) electrons. The van der Waals surface area contributed by atoms with Gasteiger partial charge in [0.2, 0.25) is 5.91 Å². The van der Waals surface area contributed by atoms with Crippen molar-refractivity contribution < 1.29 is 4.79 Å². The van der Waals surface area contributed by atoms with E-state index in [-0.39, 0.29) is 5.91 Å². The first kappa shape index (κ1) is 14.7. The van der Waals surface area contributed by atoms with Crippen molar-refractivity contribution in [3.63, 3.8) is 0 Å². The number of rotatable bonds is 5. The molecule has 4 nitrogen and oxygen atoms in total. The number of aromatic nitrogens is 2. The van der Waals surface area contributed by atoms with Gasteiger partial charge in [0, 0.05) is 24.9 Å². The Bertz CT molecular complexity index is 268. The number of nitrogens with zero attached hydrogens (tertiary/aromatic N) is 1. The molecular weight excluding hydrogens is 202 g/mol. The Labute approximate surface area is 97.8 Å². The van der Waals surface area contributed by atoms with Crippen LogP contribution < -0.4 is 5.32 Å². The predicted molar refractivity (Wildman–Crippen MR) is 66.1 cm³/mol. The summed E-state index contributed by atoms with van der Waals surface area (Å²) in [6.07, 6.45) is 2.94. The van der Waals surface area contributed by atoms with Crippen molar-refractivity contribution in [2.75, 3.05) is 6.54 Å². The molecule has 0 aliphatic carbocycles. The lowest BCUT2D eigenvalue weighted by Crippen LogP contribution is -2.27. The number of H-pyrrole nitrogens is 1. The van der Waals surface area contributed by atoms with E-state index >= 15 is 0 Å². The molecule has 92 valence electrons. The molecule has 0 aliphatic heterocycles. The van der Waals surface area contributed by atoms with Crippen LogP contribution in [0.25, 0.3) is 0 Å². The van der Waals surface area contributed by atoms with Crippen molar-refractivity contribution in [3.05, 3.63) is 18.0 Å². The van der Waals surface area contributed by atoms with Crippen molar-refractivity contribution in [3.8, 4) is 0 Å². The Balaban J connectivity index is 0.00000106. The third-order valence-corrected chi connectivity index (χ3v) is 1.89. The van der Waals surface area contributed by atoms with Gasteiger partial charge in [0.1, 0.15) is 0 Å². The average molecular weight is 225 g/mol. The number of amides is 1. The fourth-order valence-electron chi connectivity index (χ4n) is 1.08. The minimum Gasteiger partial charge on any atom is -0.356 e. The quantitative estimate of drug-likeness (QED) is 0.806. The highest BCUT2D eigenvalue weighted by Gasteiger charge is 2.03. The largest absolute Gasteiger partial charge is 0.356 e. The highest BCUT2D eigenvalue weighted by molar-refractivity contribution is 5.76. The Morgan fingerprint density at radius 3 is 2.69 bits per heavy atom. The molecule has 16 heavy (non-hydrogen) atoms. The molecule has 2 N–H and O–H groups in total. The van der Waals surface area contributed by atoms with Crippen LogP contribution in [0.4, 0.5) is 0 Å². The van der Waals surface area contributed by atoms with Gasteiger partial charge >= 0.3 is 0 Å². The normalized spacial score (nSPS) is 9.56. The zero-order valence-electron chi connectivity index (χ0n) is 10.7. The molecule has 0 atom stereocenters. The first-order chi connectivity index (χ1) is 7.68. The Kier molecular flexibility index (Phi) is 8.21. The van der Waals surface area contributed by atoms with E-state index in [1.165, 1.54) is 0 Å². The summed E-state index contributed by atoms with van der Waals surface area (Å²) < 4.78 is 0. The monoisotopic (exact) mass is 225 g/mol. The van der Waals surface area contributed by atoms with Gasteiger partial charge in [-0.05, 0) is 18.4 Å². The van der Waals surface area contributed by atoms with Crippen LogP contribution in [0.2, 0.25) is 0 Å². The van der Waals surface area contributed by atoms with Crippen LogP contribution in [0, 0.1) is 5.92 Å². The first-order valence-corrected chi connectivity index (χ1v) is 5.93. The maximum Gasteiger partial charge on any atom is 0.220 e. The van der Waals surface area contributed by atoms with Crippen LogP contribution in [0.15, 0.2) is 12.3 Å². The maximum atomic E-state index is 11.3. The van der Waals surface area contributed by atoms with Crippen molar-refractivity contribution in [1.82, 2.24) is 15.5 Å². The van der Waals surface area contributed by atoms with Crippen LogP contribution in [-0.4, -0.2) is 22.6 Å². The smallest absolute Gasteiger partial charge is 0.220 e. The molecule has 0 fully saturated rings. The van der Waals surface area contributed by atoms with Gasteiger partial charge in [-0.3, -0.25) is 9.89 Å². The highest BCUT2D eigenvalue weighted by atomic mass is 16.1. The Morgan fingerprint density at radius 2 is 2.19 bits per heavy atom. The zero-order valence-corrected chi connectivity index (χ0v) is 10.7. The summed E-state index contributed by atoms with van der Waals surface area (Å²) in [6.45, 7) is 8.91. The first-order valence-electron chi connectivity index (χ1n) is 5.93. The zero-order chi connectivity index (χ0) is 12.4. The molecule has 0 unspecified atom stereocenters. The third kappa shape index (κ3) is 7.04. The molecule has 4 heteroatoms. The lowest BCUT2D eigenvalue weighted by Gasteiger charge is -2.06. The average Bonchev–Trinajstić information content (AvgIpc) is 2.79. The van der Waals surface area contributed by atoms with Crippen LogP contribution >= 0.6 is 0 Å². The maximum absolute atomic E-state index is 11.3. The molecule has 0 aromatic carbocycles. The summed E-state index contributed by atoms with van der Waals surface area (Å²) in [7, 11) is 0. The van der Waals surface area contributed by atoms with Crippen LogP contribution in [0.5, 0.6) is 0 Å². The second-order valence-electron chi connectivity index (χ2n) is 3.78. The second-order valence-corrected chi connectivity index (χ2v) is 3.78. The molecule has 1 heterocycles. The topological polar surface area (TPSA) is 57.8 Å². The van der Waals surface area contributed by atoms with E-state index in [9.17, 15) is 4.79 Å². The minimum atomic E-state index is 0.105.